The predicted molar refractivity (Wildman–Crippen MR) is 133 cm³/mol. The van der Waals surface area contributed by atoms with Crippen molar-refractivity contribution in [1.29, 1.82) is 0 Å². The molecule has 0 aliphatic carbocycles. The van der Waals surface area contributed by atoms with Crippen molar-refractivity contribution in [1.82, 2.24) is 0 Å². The van der Waals surface area contributed by atoms with E-state index in [4.69, 9.17) is 4.74 Å². The van der Waals surface area contributed by atoms with Crippen molar-refractivity contribution in [2.45, 2.75) is 168 Å². The average molecular weight is 411 g/mol. The minimum absolute atomic E-state index is 0.995. The molecule has 0 rings (SSSR count). The Morgan fingerprint density at radius 2 is 0.483 bits per heavy atom. The Kier molecular flexibility index (Phi) is 27.9. The van der Waals surface area contributed by atoms with Crippen molar-refractivity contribution >= 4 is 0 Å². The van der Waals surface area contributed by atoms with Crippen LogP contribution in [0.2, 0.25) is 0 Å². The number of unbranched alkanes of at least 4 members (excludes halogenated alkanes) is 22. The number of hydrogen-bond acceptors (Lipinski definition) is 1. The van der Waals surface area contributed by atoms with E-state index in [1.807, 2.05) is 0 Å². The highest BCUT2D eigenvalue weighted by molar-refractivity contribution is 4.50. The Labute approximate surface area is 186 Å². The fourth-order valence-corrected chi connectivity index (χ4v) is 4.19. The summed E-state index contributed by atoms with van der Waals surface area (Å²) in [5.74, 6) is 0. The summed E-state index contributed by atoms with van der Waals surface area (Å²) in [6.07, 6.45) is 34.1. The van der Waals surface area contributed by atoms with E-state index in [-0.39, 0.29) is 0 Å². The van der Waals surface area contributed by atoms with Gasteiger partial charge in [-0.05, 0) is 12.8 Å². The summed E-state index contributed by atoms with van der Waals surface area (Å²) in [7, 11) is 0. The van der Waals surface area contributed by atoms with E-state index in [0.717, 1.165) is 13.2 Å². The SMILES string of the molecule is CCCCCCCCCCCCCCOCCCCCCCCCCCCCC. The number of hydrogen-bond donors (Lipinski definition) is 0. The van der Waals surface area contributed by atoms with Crippen LogP contribution in [0.3, 0.4) is 0 Å². The molecule has 0 aromatic heterocycles. The van der Waals surface area contributed by atoms with Crippen LogP contribution in [-0.2, 0) is 4.74 Å². The molecule has 0 bridgehead atoms. The minimum Gasteiger partial charge on any atom is -0.381 e. The van der Waals surface area contributed by atoms with E-state index in [1.165, 1.54) is 154 Å². The van der Waals surface area contributed by atoms with Crippen LogP contribution in [0.5, 0.6) is 0 Å². The van der Waals surface area contributed by atoms with Gasteiger partial charge >= 0.3 is 0 Å². The molecule has 0 heterocycles. The van der Waals surface area contributed by atoms with Crippen LogP contribution in [0.15, 0.2) is 0 Å². The summed E-state index contributed by atoms with van der Waals surface area (Å²) in [6, 6.07) is 0. The molecular weight excluding hydrogens is 352 g/mol. The van der Waals surface area contributed by atoms with Crippen molar-refractivity contribution in [3.8, 4) is 0 Å². The molecule has 176 valence electrons. The highest BCUT2D eigenvalue weighted by Gasteiger charge is 1.96. The maximum absolute atomic E-state index is 5.82. The molecule has 0 aromatic carbocycles. The monoisotopic (exact) mass is 410 g/mol. The van der Waals surface area contributed by atoms with Gasteiger partial charge in [0.1, 0.15) is 0 Å². The largest absolute Gasteiger partial charge is 0.381 e. The van der Waals surface area contributed by atoms with Gasteiger partial charge in [-0.2, -0.15) is 0 Å². The van der Waals surface area contributed by atoms with Crippen LogP contribution < -0.4 is 0 Å². The minimum atomic E-state index is 0.995. The van der Waals surface area contributed by atoms with Crippen molar-refractivity contribution in [3.05, 3.63) is 0 Å². The second kappa shape index (κ2) is 28.0. The molecule has 0 aliphatic heterocycles. The lowest BCUT2D eigenvalue weighted by atomic mass is 10.1. The first-order valence-corrected chi connectivity index (χ1v) is 14.0. The molecule has 0 saturated heterocycles. The molecular formula is C28H58O. The number of ether oxygens (including phenoxy) is 1. The summed E-state index contributed by atoms with van der Waals surface area (Å²) in [5.41, 5.74) is 0. The molecule has 0 spiro atoms. The first kappa shape index (κ1) is 29.0. The molecule has 0 radical (unpaired) electrons. The van der Waals surface area contributed by atoms with E-state index < -0.39 is 0 Å². The molecule has 29 heavy (non-hydrogen) atoms. The summed E-state index contributed by atoms with van der Waals surface area (Å²) < 4.78 is 5.82. The third-order valence-electron chi connectivity index (χ3n) is 6.28. The zero-order valence-electron chi connectivity index (χ0n) is 20.8. The zero-order chi connectivity index (χ0) is 21.1. The van der Waals surface area contributed by atoms with Crippen LogP contribution in [0, 0.1) is 0 Å². The Balaban J connectivity index is 2.97. The maximum atomic E-state index is 5.82. The van der Waals surface area contributed by atoms with E-state index in [0.29, 0.717) is 0 Å². The summed E-state index contributed by atoms with van der Waals surface area (Å²) in [5, 5.41) is 0. The Morgan fingerprint density at radius 1 is 0.276 bits per heavy atom. The second-order valence-corrected chi connectivity index (χ2v) is 9.39. The Hall–Kier alpha value is -0.0400. The quantitative estimate of drug-likeness (QED) is 0.129. The first-order chi connectivity index (χ1) is 14.4. The Bertz CT molecular complexity index is 237. The van der Waals surface area contributed by atoms with Gasteiger partial charge in [0.25, 0.3) is 0 Å². The second-order valence-electron chi connectivity index (χ2n) is 9.39. The molecule has 0 atom stereocenters. The van der Waals surface area contributed by atoms with Crippen LogP contribution in [0.25, 0.3) is 0 Å². The topological polar surface area (TPSA) is 9.23 Å². The van der Waals surface area contributed by atoms with Crippen LogP contribution >= 0.6 is 0 Å². The third kappa shape index (κ3) is 28.0. The molecule has 0 aliphatic rings. The van der Waals surface area contributed by atoms with Gasteiger partial charge in [-0.25, -0.2) is 0 Å². The zero-order valence-corrected chi connectivity index (χ0v) is 20.8. The van der Waals surface area contributed by atoms with Gasteiger partial charge in [0.05, 0.1) is 0 Å². The van der Waals surface area contributed by atoms with Gasteiger partial charge < -0.3 is 4.74 Å². The van der Waals surface area contributed by atoms with Crippen molar-refractivity contribution in [3.63, 3.8) is 0 Å². The van der Waals surface area contributed by atoms with Gasteiger partial charge in [0, 0.05) is 13.2 Å². The highest BCUT2D eigenvalue weighted by atomic mass is 16.5. The molecule has 1 nitrogen and oxygen atoms in total. The molecule has 0 saturated carbocycles. The smallest absolute Gasteiger partial charge is 0.0466 e. The van der Waals surface area contributed by atoms with E-state index >= 15 is 0 Å². The normalized spacial score (nSPS) is 11.4. The fraction of sp³-hybridized carbons (Fsp3) is 1.00. The van der Waals surface area contributed by atoms with Gasteiger partial charge in [-0.3, -0.25) is 0 Å². The number of rotatable bonds is 26. The first-order valence-electron chi connectivity index (χ1n) is 14.0. The summed E-state index contributed by atoms with van der Waals surface area (Å²) in [4.78, 5) is 0. The van der Waals surface area contributed by atoms with Crippen LogP contribution in [0.1, 0.15) is 168 Å². The summed E-state index contributed by atoms with van der Waals surface area (Å²) in [6.45, 7) is 6.58. The van der Waals surface area contributed by atoms with Crippen molar-refractivity contribution in [2.75, 3.05) is 13.2 Å². The highest BCUT2D eigenvalue weighted by Crippen LogP contribution is 2.13. The van der Waals surface area contributed by atoms with Crippen LogP contribution in [-0.4, -0.2) is 13.2 Å². The lowest BCUT2D eigenvalue weighted by Crippen LogP contribution is -1.97. The van der Waals surface area contributed by atoms with Gasteiger partial charge in [0.15, 0.2) is 0 Å². The molecule has 0 amide bonds. The fourth-order valence-electron chi connectivity index (χ4n) is 4.19. The molecule has 1 heteroatoms. The van der Waals surface area contributed by atoms with Gasteiger partial charge in [0.2, 0.25) is 0 Å². The maximum Gasteiger partial charge on any atom is 0.0466 e. The van der Waals surface area contributed by atoms with Crippen molar-refractivity contribution < 1.29 is 4.74 Å². The Morgan fingerprint density at radius 3 is 0.724 bits per heavy atom. The van der Waals surface area contributed by atoms with Gasteiger partial charge in [-0.15, -0.1) is 0 Å². The van der Waals surface area contributed by atoms with Crippen LogP contribution in [0.4, 0.5) is 0 Å². The van der Waals surface area contributed by atoms with E-state index in [1.54, 1.807) is 0 Å². The van der Waals surface area contributed by atoms with Crippen molar-refractivity contribution in [2.24, 2.45) is 0 Å². The lowest BCUT2D eigenvalue weighted by molar-refractivity contribution is 0.125. The lowest BCUT2D eigenvalue weighted by Gasteiger charge is -2.05. The summed E-state index contributed by atoms with van der Waals surface area (Å²) >= 11 is 0. The third-order valence-corrected chi connectivity index (χ3v) is 6.28. The molecule has 0 unspecified atom stereocenters. The predicted octanol–water partition coefficient (Wildman–Crippen LogP) is 10.4. The molecule has 0 N–H and O–H groups in total. The molecule has 0 fully saturated rings. The standard InChI is InChI=1S/C28H58O/c1-3-5-7-9-11-13-15-17-19-21-23-25-27-29-28-26-24-22-20-18-16-14-12-10-8-6-4-2/h3-28H2,1-2H3. The average Bonchev–Trinajstić information content (AvgIpc) is 2.74. The molecule has 0 aromatic rings. The van der Waals surface area contributed by atoms with Gasteiger partial charge in [-0.1, -0.05) is 155 Å². The van der Waals surface area contributed by atoms with E-state index in [9.17, 15) is 0 Å². The van der Waals surface area contributed by atoms with E-state index in [2.05, 4.69) is 13.8 Å².